The first-order valence-electron chi connectivity index (χ1n) is 11.4. The molecular formula is C23H41NNa2O4. The van der Waals surface area contributed by atoms with Crippen molar-refractivity contribution in [3.8, 4) is 0 Å². The minimum absolute atomic E-state index is 0. The number of hydrogen-bond acceptors (Lipinski definition) is 5. The quantitative estimate of drug-likeness (QED) is 0.119. The van der Waals surface area contributed by atoms with Gasteiger partial charge >= 0.3 is 59.1 Å². The second-order valence-electron chi connectivity index (χ2n) is 7.67. The normalized spacial score (nSPS) is 11.6. The molecule has 0 bridgehead atoms. The summed E-state index contributed by atoms with van der Waals surface area (Å²) >= 11 is 0. The number of rotatable bonds is 21. The number of aliphatic carboxylic acids is 2. The molecule has 0 fully saturated rings. The molecule has 1 N–H and O–H groups in total. The van der Waals surface area contributed by atoms with Gasteiger partial charge in [-0.1, -0.05) is 76.9 Å². The molecule has 0 aliphatic heterocycles. The van der Waals surface area contributed by atoms with Crippen LogP contribution in [0.25, 0.3) is 0 Å². The molecule has 0 spiro atoms. The van der Waals surface area contributed by atoms with Crippen molar-refractivity contribution in [3.05, 3.63) is 12.2 Å². The molecule has 0 amide bonds. The third kappa shape index (κ3) is 26.7. The van der Waals surface area contributed by atoms with Gasteiger partial charge < -0.3 is 25.1 Å². The van der Waals surface area contributed by atoms with Gasteiger partial charge in [-0.15, -0.1) is 0 Å². The zero-order valence-electron chi connectivity index (χ0n) is 19.9. The molecule has 30 heavy (non-hydrogen) atoms. The van der Waals surface area contributed by atoms with Gasteiger partial charge in [0.05, 0.1) is 5.97 Å². The predicted octanol–water partition coefficient (Wildman–Crippen LogP) is -2.73. The number of carbonyl (C=O) groups is 2. The van der Waals surface area contributed by atoms with Crippen LogP contribution in [0.5, 0.6) is 0 Å². The Hall–Kier alpha value is 0.640. The Balaban J connectivity index is -0.00000364. The summed E-state index contributed by atoms with van der Waals surface area (Å²) in [5.41, 5.74) is 0. The first kappa shape index (κ1) is 35.2. The maximum Gasteiger partial charge on any atom is 1.00 e. The van der Waals surface area contributed by atoms with Gasteiger partial charge in [0, 0.05) is 12.0 Å². The molecule has 0 unspecified atom stereocenters. The van der Waals surface area contributed by atoms with Gasteiger partial charge in [-0.05, 0) is 51.5 Å². The summed E-state index contributed by atoms with van der Waals surface area (Å²) in [5, 5.41) is 24.2. The number of carboxylic acid groups (broad SMARTS) is 2. The number of allylic oxidation sites excluding steroid dienone is 2. The molecule has 164 valence electrons. The van der Waals surface area contributed by atoms with Crippen LogP contribution in [-0.2, 0) is 9.59 Å². The van der Waals surface area contributed by atoms with Crippen LogP contribution in [0.2, 0.25) is 0 Å². The average molecular weight is 442 g/mol. The van der Waals surface area contributed by atoms with E-state index in [0.717, 1.165) is 19.3 Å². The number of hydrogen-bond donors (Lipinski definition) is 1. The maximum atomic E-state index is 10.9. The van der Waals surface area contributed by atoms with E-state index in [1.807, 2.05) is 0 Å². The Kier molecular flexibility index (Phi) is 32.5. The zero-order chi connectivity index (χ0) is 20.9. The second kappa shape index (κ2) is 27.7. The maximum absolute atomic E-state index is 10.9. The molecule has 0 heterocycles. The molecule has 1 atom stereocenters. The molecule has 7 heteroatoms. The SMILES string of the molecule is CCCCCCCCC=CCCCCCCCCN[C@@H](CCC(=O)[O-])C(=O)[O-].[Na+].[Na+]. The third-order valence-electron chi connectivity index (χ3n) is 5.00. The van der Waals surface area contributed by atoms with E-state index in [2.05, 4.69) is 24.4 Å². The van der Waals surface area contributed by atoms with Crippen LogP contribution in [0.1, 0.15) is 110 Å². The topological polar surface area (TPSA) is 92.3 Å². The summed E-state index contributed by atoms with van der Waals surface area (Å²) in [6.45, 7) is 2.83. The smallest absolute Gasteiger partial charge is 0.550 e. The van der Waals surface area contributed by atoms with Crippen molar-refractivity contribution < 1.29 is 78.9 Å². The van der Waals surface area contributed by atoms with Gasteiger partial charge in [-0.3, -0.25) is 0 Å². The largest absolute Gasteiger partial charge is 1.00 e. The van der Waals surface area contributed by atoms with Crippen LogP contribution >= 0.6 is 0 Å². The van der Waals surface area contributed by atoms with Crippen LogP contribution in [0.4, 0.5) is 0 Å². The molecule has 0 aliphatic rings. The first-order valence-corrected chi connectivity index (χ1v) is 11.4. The molecule has 0 aromatic heterocycles. The summed E-state index contributed by atoms with van der Waals surface area (Å²) in [5.74, 6) is -2.48. The molecule has 0 saturated carbocycles. The standard InChI is InChI=1S/C23H43NO4.2Na/c1-2-3-4-5-6-7-8-9-10-11-12-13-14-15-16-17-20-24-21(23(27)28)18-19-22(25)26;;/h9-10,21,24H,2-8,11-20H2,1H3,(H,25,26)(H,27,28);;/q;2*+1/p-2/t21-;;/m0../s1. The zero-order valence-corrected chi connectivity index (χ0v) is 23.9. The number of unbranched alkanes of at least 4 members (excludes halogenated alkanes) is 12. The average Bonchev–Trinajstić information content (AvgIpc) is 2.66. The van der Waals surface area contributed by atoms with Crippen molar-refractivity contribution >= 4 is 11.9 Å². The van der Waals surface area contributed by atoms with Crippen LogP contribution < -0.4 is 74.6 Å². The Morgan fingerprint density at radius 2 is 1.23 bits per heavy atom. The number of carbonyl (C=O) groups excluding carboxylic acids is 2. The van der Waals surface area contributed by atoms with Crippen LogP contribution in [-0.4, -0.2) is 24.5 Å². The summed E-state index contributed by atoms with van der Waals surface area (Å²) < 4.78 is 0. The van der Waals surface area contributed by atoms with Crippen LogP contribution in [0, 0.1) is 0 Å². The van der Waals surface area contributed by atoms with Crippen molar-refractivity contribution in [1.29, 1.82) is 0 Å². The molecule has 5 nitrogen and oxygen atoms in total. The van der Waals surface area contributed by atoms with Crippen molar-refractivity contribution in [3.63, 3.8) is 0 Å². The second-order valence-corrected chi connectivity index (χ2v) is 7.67. The number of carboxylic acids is 2. The van der Waals surface area contributed by atoms with E-state index in [0.29, 0.717) is 6.54 Å². The van der Waals surface area contributed by atoms with E-state index >= 15 is 0 Å². The van der Waals surface area contributed by atoms with Gasteiger partial charge in [-0.2, -0.15) is 0 Å². The number of nitrogens with one attached hydrogen (secondary N) is 1. The van der Waals surface area contributed by atoms with Crippen molar-refractivity contribution in [2.24, 2.45) is 0 Å². The van der Waals surface area contributed by atoms with Crippen molar-refractivity contribution in [2.75, 3.05) is 6.54 Å². The third-order valence-corrected chi connectivity index (χ3v) is 5.00. The van der Waals surface area contributed by atoms with Crippen LogP contribution in [0.3, 0.4) is 0 Å². The molecule has 0 aromatic rings. The van der Waals surface area contributed by atoms with Gasteiger partial charge in [0.1, 0.15) is 0 Å². The van der Waals surface area contributed by atoms with E-state index in [4.69, 9.17) is 0 Å². The van der Waals surface area contributed by atoms with Gasteiger partial charge in [-0.25, -0.2) is 0 Å². The fourth-order valence-electron chi connectivity index (χ4n) is 3.21. The molecule has 0 aromatic carbocycles. The summed E-state index contributed by atoms with van der Waals surface area (Å²) in [6.07, 6.45) is 21.7. The van der Waals surface area contributed by atoms with Crippen molar-refractivity contribution in [2.45, 2.75) is 116 Å². The fraction of sp³-hybridized carbons (Fsp3) is 0.826. The molecule has 0 saturated heterocycles. The molecule has 0 rings (SSSR count). The van der Waals surface area contributed by atoms with Gasteiger partial charge in [0.2, 0.25) is 0 Å². The van der Waals surface area contributed by atoms with E-state index < -0.39 is 18.0 Å². The van der Waals surface area contributed by atoms with E-state index in [-0.39, 0.29) is 72.0 Å². The van der Waals surface area contributed by atoms with Gasteiger partial charge in [0.15, 0.2) is 0 Å². The van der Waals surface area contributed by atoms with E-state index in [9.17, 15) is 19.8 Å². The summed E-state index contributed by atoms with van der Waals surface area (Å²) in [4.78, 5) is 21.3. The minimum Gasteiger partial charge on any atom is -0.550 e. The monoisotopic (exact) mass is 441 g/mol. The minimum atomic E-state index is -1.24. The first-order chi connectivity index (χ1) is 13.6. The fourth-order valence-corrected chi connectivity index (χ4v) is 3.21. The molecule has 0 radical (unpaired) electrons. The van der Waals surface area contributed by atoms with E-state index in [1.54, 1.807) is 0 Å². The summed E-state index contributed by atoms with van der Waals surface area (Å²) in [7, 11) is 0. The Bertz CT molecular complexity index is 420. The predicted molar refractivity (Wildman–Crippen MR) is 110 cm³/mol. The van der Waals surface area contributed by atoms with Crippen LogP contribution in [0.15, 0.2) is 12.2 Å². The summed E-state index contributed by atoms with van der Waals surface area (Å²) in [6, 6.07) is -0.902. The van der Waals surface area contributed by atoms with Crippen molar-refractivity contribution in [1.82, 2.24) is 5.32 Å². The Morgan fingerprint density at radius 1 is 0.767 bits per heavy atom. The van der Waals surface area contributed by atoms with E-state index in [1.165, 1.54) is 70.6 Å². The molecule has 0 aliphatic carbocycles. The molecular weight excluding hydrogens is 400 g/mol. The Morgan fingerprint density at radius 3 is 1.70 bits per heavy atom. The van der Waals surface area contributed by atoms with Gasteiger partial charge in [0.25, 0.3) is 0 Å². The Labute approximate surface area is 228 Å².